The number of likely N-dealkylation sites (tertiary alicyclic amines) is 1. The Morgan fingerprint density at radius 2 is 2.09 bits per heavy atom. The second-order valence-corrected chi connectivity index (χ2v) is 7.59. The molecule has 176 valence electrons. The Kier molecular flexibility index (Phi) is 9.66. The van der Waals surface area contributed by atoms with Gasteiger partial charge in [-0.2, -0.15) is 17.6 Å². The number of rotatable bonds is 5. The van der Waals surface area contributed by atoms with Gasteiger partial charge in [0.2, 0.25) is 11.7 Å². The SMILES string of the molecule is COc1cccc(F)c1F.NSc1cc(NC(=O)C2CCCN(CC(F)(F)F)C2)ccn1. The van der Waals surface area contributed by atoms with E-state index >= 15 is 0 Å². The lowest BCUT2D eigenvalue weighted by Gasteiger charge is -2.32. The van der Waals surface area contributed by atoms with Crippen molar-refractivity contribution in [1.29, 1.82) is 0 Å². The molecule has 0 aliphatic carbocycles. The van der Waals surface area contributed by atoms with Gasteiger partial charge in [0.25, 0.3) is 0 Å². The molecule has 1 aliphatic rings. The highest BCUT2D eigenvalue weighted by molar-refractivity contribution is 7.97. The third kappa shape index (κ3) is 8.24. The second kappa shape index (κ2) is 12.0. The standard InChI is InChI=1S/C13H17F3N4OS.C7H6F2O/c14-13(15,16)8-20-5-1-2-9(7-20)12(21)19-10-3-4-18-11(6-10)22-17;1-10-6-4-2-3-5(8)7(6)9/h3-4,6,9H,1-2,5,7-8,17H2,(H,18,19,21);2-4H,1H3. The van der Waals surface area contributed by atoms with Gasteiger partial charge < -0.3 is 10.1 Å². The molecule has 6 nitrogen and oxygen atoms in total. The van der Waals surface area contributed by atoms with Gasteiger partial charge in [-0.05, 0) is 55.6 Å². The summed E-state index contributed by atoms with van der Waals surface area (Å²) in [4.78, 5) is 17.5. The first-order valence-corrected chi connectivity index (χ1v) is 10.4. The number of alkyl halides is 3. The van der Waals surface area contributed by atoms with E-state index in [1.165, 1.54) is 30.3 Å². The molecule has 1 unspecified atom stereocenters. The number of nitrogens with one attached hydrogen (secondary N) is 1. The minimum absolute atomic E-state index is 0.0694. The number of hydrogen-bond donors (Lipinski definition) is 2. The van der Waals surface area contributed by atoms with Crippen molar-refractivity contribution in [3.8, 4) is 5.75 Å². The van der Waals surface area contributed by atoms with Crippen LogP contribution in [0, 0.1) is 17.6 Å². The van der Waals surface area contributed by atoms with Crippen LogP contribution in [0.5, 0.6) is 5.75 Å². The summed E-state index contributed by atoms with van der Waals surface area (Å²) in [5, 5.41) is 8.67. The van der Waals surface area contributed by atoms with Crippen molar-refractivity contribution in [3.05, 3.63) is 48.2 Å². The summed E-state index contributed by atoms with van der Waals surface area (Å²) < 4.78 is 66.6. The van der Waals surface area contributed by atoms with Crippen molar-refractivity contribution in [2.45, 2.75) is 24.0 Å². The third-order valence-corrected chi connectivity index (χ3v) is 5.00. The number of ether oxygens (including phenoxy) is 1. The molecule has 2 aromatic rings. The molecule has 2 heterocycles. The Hall–Kier alpha value is -2.44. The van der Waals surface area contributed by atoms with Crippen LogP contribution in [0.1, 0.15) is 12.8 Å². The van der Waals surface area contributed by atoms with E-state index in [4.69, 9.17) is 5.14 Å². The van der Waals surface area contributed by atoms with Crippen LogP contribution in [-0.2, 0) is 4.79 Å². The van der Waals surface area contributed by atoms with Crippen molar-refractivity contribution in [1.82, 2.24) is 9.88 Å². The molecule has 1 aromatic carbocycles. The fraction of sp³-hybridized carbons (Fsp3) is 0.400. The fourth-order valence-electron chi connectivity index (χ4n) is 3.10. The van der Waals surface area contributed by atoms with Crippen molar-refractivity contribution in [2.75, 3.05) is 32.1 Å². The van der Waals surface area contributed by atoms with Gasteiger partial charge in [0, 0.05) is 18.4 Å². The third-order valence-electron chi connectivity index (χ3n) is 4.54. The molecule has 3 N–H and O–H groups in total. The maximum absolute atomic E-state index is 12.5. The van der Waals surface area contributed by atoms with Gasteiger partial charge in [-0.1, -0.05) is 6.07 Å². The summed E-state index contributed by atoms with van der Waals surface area (Å²) in [5.41, 5.74) is 0.542. The monoisotopic (exact) mass is 478 g/mol. The van der Waals surface area contributed by atoms with Gasteiger partial charge >= 0.3 is 6.18 Å². The number of piperidine rings is 1. The van der Waals surface area contributed by atoms with Gasteiger partial charge in [-0.15, -0.1) is 0 Å². The minimum Gasteiger partial charge on any atom is -0.494 e. The quantitative estimate of drug-likeness (QED) is 0.495. The van der Waals surface area contributed by atoms with Crippen LogP contribution >= 0.6 is 11.9 Å². The number of nitrogens with two attached hydrogens (primary N) is 1. The van der Waals surface area contributed by atoms with E-state index in [1.54, 1.807) is 12.1 Å². The predicted molar refractivity (Wildman–Crippen MR) is 111 cm³/mol. The first-order valence-electron chi connectivity index (χ1n) is 9.53. The van der Waals surface area contributed by atoms with Gasteiger partial charge in [0.05, 0.1) is 19.6 Å². The number of carbonyl (C=O) groups excluding carboxylic acids is 1. The van der Waals surface area contributed by atoms with Crippen molar-refractivity contribution >= 4 is 23.5 Å². The lowest BCUT2D eigenvalue weighted by molar-refractivity contribution is -0.151. The summed E-state index contributed by atoms with van der Waals surface area (Å²) in [6.07, 6.45) is -1.56. The molecule has 1 fully saturated rings. The topological polar surface area (TPSA) is 80.5 Å². The lowest BCUT2D eigenvalue weighted by Crippen LogP contribution is -2.44. The normalized spacial score (nSPS) is 16.7. The molecule has 1 atom stereocenters. The van der Waals surface area contributed by atoms with Crippen LogP contribution in [0.25, 0.3) is 0 Å². The highest BCUT2D eigenvalue weighted by Crippen LogP contribution is 2.24. The maximum Gasteiger partial charge on any atom is 0.401 e. The molecule has 1 aliphatic heterocycles. The summed E-state index contributed by atoms with van der Waals surface area (Å²) in [7, 11) is 1.29. The molecule has 1 aromatic heterocycles. The van der Waals surface area contributed by atoms with Crippen LogP contribution in [0.2, 0.25) is 0 Å². The summed E-state index contributed by atoms with van der Waals surface area (Å²) in [6.45, 7) is -0.485. The number of nitrogens with zero attached hydrogens (tertiary/aromatic N) is 2. The first-order chi connectivity index (χ1) is 15.1. The summed E-state index contributed by atoms with van der Waals surface area (Å²) >= 11 is 0.957. The molecule has 1 amide bonds. The Labute approximate surface area is 186 Å². The summed E-state index contributed by atoms with van der Waals surface area (Å²) in [6, 6.07) is 7.03. The molecule has 32 heavy (non-hydrogen) atoms. The Bertz CT molecular complexity index is 901. The average molecular weight is 478 g/mol. The number of amides is 1. The van der Waals surface area contributed by atoms with Gasteiger partial charge in [0.1, 0.15) is 5.03 Å². The lowest BCUT2D eigenvalue weighted by atomic mass is 9.97. The van der Waals surface area contributed by atoms with Gasteiger partial charge in [-0.3, -0.25) is 14.8 Å². The van der Waals surface area contributed by atoms with Crippen LogP contribution in [-0.4, -0.2) is 48.7 Å². The number of methoxy groups -OCH3 is 1. The molecular weight excluding hydrogens is 455 g/mol. The predicted octanol–water partition coefficient (Wildman–Crippen LogP) is 4.23. The number of benzene rings is 1. The number of halogens is 5. The smallest absolute Gasteiger partial charge is 0.401 e. The molecule has 0 saturated carbocycles. The highest BCUT2D eigenvalue weighted by atomic mass is 32.2. The van der Waals surface area contributed by atoms with Crippen LogP contribution < -0.4 is 15.2 Å². The van der Waals surface area contributed by atoms with E-state index in [0.717, 1.165) is 18.0 Å². The molecular formula is C20H23F5N4O2S. The van der Waals surface area contributed by atoms with Crippen LogP contribution in [0.15, 0.2) is 41.6 Å². The highest BCUT2D eigenvalue weighted by Gasteiger charge is 2.34. The summed E-state index contributed by atoms with van der Waals surface area (Å²) in [5.74, 6) is -2.62. The Morgan fingerprint density at radius 3 is 2.72 bits per heavy atom. The van der Waals surface area contributed by atoms with Gasteiger partial charge in [0.15, 0.2) is 11.6 Å². The average Bonchev–Trinajstić information content (AvgIpc) is 2.75. The van der Waals surface area contributed by atoms with E-state index < -0.39 is 30.3 Å². The number of carbonyl (C=O) groups is 1. The number of anilines is 1. The van der Waals surface area contributed by atoms with E-state index in [9.17, 15) is 26.7 Å². The van der Waals surface area contributed by atoms with E-state index in [0.29, 0.717) is 30.1 Å². The zero-order valence-corrected chi connectivity index (χ0v) is 18.0. The Morgan fingerprint density at radius 1 is 1.34 bits per heavy atom. The number of hydrogen-bond acceptors (Lipinski definition) is 6. The van der Waals surface area contributed by atoms with E-state index in [1.807, 2.05) is 0 Å². The fourth-order valence-corrected chi connectivity index (χ4v) is 3.42. The number of aromatic nitrogens is 1. The Balaban J connectivity index is 0.000000303. The van der Waals surface area contributed by atoms with Gasteiger partial charge in [-0.25, -0.2) is 9.37 Å². The van der Waals surface area contributed by atoms with E-state index in [-0.39, 0.29) is 18.2 Å². The molecule has 12 heteroatoms. The van der Waals surface area contributed by atoms with Crippen molar-refractivity contribution in [3.63, 3.8) is 0 Å². The zero-order chi connectivity index (χ0) is 23.7. The zero-order valence-electron chi connectivity index (χ0n) is 17.2. The van der Waals surface area contributed by atoms with E-state index in [2.05, 4.69) is 15.0 Å². The second-order valence-electron chi connectivity index (χ2n) is 6.94. The van der Waals surface area contributed by atoms with Crippen molar-refractivity contribution in [2.24, 2.45) is 11.1 Å². The molecule has 1 saturated heterocycles. The first kappa shape index (κ1) is 25.8. The maximum atomic E-state index is 12.5. The van der Waals surface area contributed by atoms with Crippen LogP contribution in [0.4, 0.5) is 27.6 Å². The molecule has 0 spiro atoms. The minimum atomic E-state index is -4.24. The van der Waals surface area contributed by atoms with Crippen molar-refractivity contribution < 1.29 is 31.5 Å². The van der Waals surface area contributed by atoms with Crippen LogP contribution in [0.3, 0.4) is 0 Å². The molecule has 3 rings (SSSR count). The number of pyridine rings is 1. The molecule has 0 bridgehead atoms. The largest absolute Gasteiger partial charge is 0.494 e. The molecule has 0 radical (unpaired) electrons.